The van der Waals surface area contributed by atoms with E-state index >= 15 is 0 Å². The molecule has 0 aliphatic carbocycles. The number of anilines is 2. The number of aromatic nitrogens is 2. The highest BCUT2D eigenvalue weighted by Crippen LogP contribution is 2.26. The molecule has 0 spiro atoms. The van der Waals surface area contributed by atoms with Gasteiger partial charge in [0.1, 0.15) is 5.82 Å². The largest absolute Gasteiger partial charge is 0.365 e. The minimum absolute atomic E-state index is 0.128. The predicted molar refractivity (Wildman–Crippen MR) is 99.9 cm³/mol. The lowest BCUT2D eigenvalue weighted by Crippen LogP contribution is -2.23. The third-order valence-corrected chi connectivity index (χ3v) is 4.57. The number of rotatable bonds is 5. The minimum atomic E-state index is -2.74. The first kappa shape index (κ1) is 17.3. The molecule has 3 aromatic rings. The fourth-order valence-electron chi connectivity index (χ4n) is 3.27. The van der Waals surface area contributed by atoms with E-state index < -0.39 is 12.2 Å². The number of hydrogen-bond donors (Lipinski definition) is 1. The first-order chi connectivity index (χ1) is 13.1. The van der Waals surface area contributed by atoms with Crippen molar-refractivity contribution in [1.29, 1.82) is 0 Å². The summed E-state index contributed by atoms with van der Waals surface area (Å²) in [6.07, 6.45) is -1.30. The summed E-state index contributed by atoms with van der Waals surface area (Å²) in [5, 5.41) is 3.83. The van der Waals surface area contributed by atoms with Crippen molar-refractivity contribution in [3.05, 3.63) is 59.9 Å². The molecule has 0 unspecified atom stereocenters. The van der Waals surface area contributed by atoms with Crippen molar-refractivity contribution in [2.45, 2.75) is 25.8 Å². The molecule has 0 bridgehead atoms. The molecule has 7 heteroatoms. The normalized spacial score (nSPS) is 14.3. The molecule has 27 heavy (non-hydrogen) atoms. The van der Waals surface area contributed by atoms with E-state index in [4.69, 9.17) is 0 Å². The van der Waals surface area contributed by atoms with E-state index in [2.05, 4.69) is 15.3 Å². The number of amides is 1. The van der Waals surface area contributed by atoms with Gasteiger partial charge in [0.05, 0.1) is 5.52 Å². The number of carbonyl (C=O) groups excluding carboxylic acids is 1. The molecule has 1 amide bonds. The topological polar surface area (TPSA) is 58.1 Å². The van der Waals surface area contributed by atoms with Gasteiger partial charge in [-0.1, -0.05) is 24.3 Å². The van der Waals surface area contributed by atoms with Crippen LogP contribution in [0.1, 0.15) is 30.7 Å². The fraction of sp³-hybridized carbons (Fsp3) is 0.250. The van der Waals surface area contributed by atoms with Gasteiger partial charge in [0, 0.05) is 30.6 Å². The van der Waals surface area contributed by atoms with Gasteiger partial charge in [0.2, 0.25) is 5.91 Å². The Hall–Kier alpha value is -3.09. The van der Waals surface area contributed by atoms with Gasteiger partial charge < -0.3 is 10.2 Å². The number of carbonyl (C=O) groups is 1. The maximum absolute atomic E-state index is 13.1. The van der Waals surface area contributed by atoms with Gasteiger partial charge in [-0.05, 0) is 36.2 Å². The maximum Gasteiger partial charge on any atom is 0.297 e. The molecule has 0 saturated carbocycles. The molecule has 0 radical (unpaired) electrons. The Labute approximate surface area is 155 Å². The van der Waals surface area contributed by atoms with Crippen LogP contribution in [0.5, 0.6) is 0 Å². The average molecular weight is 368 g/mol. The molecule has 2 aromatic carbocycles. The van der Waals surface area contributed by atoms with Crippen LogP contribution in [0.3, 0.4) is 0 Å². The highest BCUT2D eigenvalue weighted by molar-refractivity contribution is 5.95. The Morgan fingerprint density at radius 1 is 1.11 bits per heavy atom. The van der Waals surface area contributed by atoms with Gasteiger partial charge >= 0.3 is 0 Å². The number of benzene rings is 2. The van der Waals surface area contributed by atoms with Crippen LogP contribution in [-0.2, 0) is 11.3 Å². The summed E-state index contributed by atoms with van der Waals surface area (Å²) in [6, 6.07) is 14.7. The Kier molecular flexibility index (Phi) is 4.66. The van der Waals surface area contributed by atoms with Crippen LogP contribution < -0.4 is 10.2 Å². The lowest BCUT2D eigenvalue weighted by molar-refractivity contribution is -0.117. The summed E-state index contributed by atoms with van der Waals surface area (Å²) in [6.45, 7) is 1.13. The second kappa shape index (κ2) is 7.26. The van der Waals surface area contributed by atoms with Crippen molar-refractivity contribution in [3.8, 4) is 0 Å². The van der Waals surface area contributed by atoms with Crippen LogP contribution in [-0.4, -0.2) is 22.4 Å². The second-order valence-electron chi connectivity index (χ2n) is 6.42. The summed E-state index contributed by atoms with van der Waals surface area (Å²) >= 11 is 0. The van der Waals surface area contributed by atoms with Crippen LogP contribution in [0.4, 0.5) is 20.3 Å². The molecule has 1 N–H and O–H groups in total. The van der Waals surface area contributed by atoms with Gasteiger partial charge in [0.25, 0.3) is 6.43 Å². The molecule has 4 rings (SSSR count). The van der Waals surface area contributed by atoms with Gasteiger partial charge in [-0.25, -0.2) is 18.7 Å². The van der Waals surface area contributed by atoms with Crippen LogP contribution >= 0.6 is 0 Å². The fourth-order valence-corrected chi connectivity index (χ4v) is 3.27. The van der Waals surface area contributed by atoms with Gasteiger partial charge in [-0.3, -0.25) is 4.79 Å². The number of fused-ring (bicyclic) bond motifs is 1. The van der Waals surface area contributed by atoms with E-state index in [1.807, 2.05) is 30.3 Å². The molecule has 1 saturated heterocycles. The van der Waals surface area contributed by atoms with E-state index in [-0.39, 0.29) is 5.91 Å². The van der Waals surface area contributed by atoms with E-state index in [9.17, 15) is 13.6 Å². The van der Waals surface area contributed by atoms with Crippen molar-refractivity contribution in [1.82, 2.24) is 9.97 Å². The molecule has 1 aromatic heterocycles. The SMILES string of the molecule is O=C1CCCN1c1cccc(CNc2nc(C(F)F)nc3ccccc23)c1. The highest BCUT2D eigenvalue weighted by atomic mass is 19.3. The van der Waals surface area contributed by atoms with Crippen molar-refractivity contribution in [3.63, 3.8) is 0 Å². The standard InChI is InChI=1S/C20H18F2N4O/c21-18(22)20-24-16-8-2-1-7-15(16)19(25-20)23-12-13-5-3-6-14(11-13)26-10-4-9-17(26)27/h1-3,5-8,11,18H,4,9-10,12H2,(H,23,24,25). The predicted octanol–water partition coefficient (Wildman–Crippen LogP) is 4.31. The lowest BCUT2D eigenvalue weighted by atomic mass is 10.1. The average Bonchev–Trinajstić information content (AvgIpc) is 3.12. The van der Waals surface area contributed by atoms with Crippen LogP contribution in [0.25, 0.3) is 10.9 Å². The number of nitrogens with one attached hydrogen (secondary N) is 1. The summed E-state index contributed by atoms with van der Waals surface area (Å²) in [7, 11) is 0. The zero-order valence-electron chi connectivity index (χ0n) is 14.5. The maximum atomic E-state index is 13.1. The first-order valence-electron chi connectivity index (χ1n) is 8.80. The van der Waals surface area contributed by atoms with E-state index in [1.54, 1.807) is 23.1 Å². The third kappa shape index (κ3) is 3.58. The third-order valence-electron chi connectivity index (χ3n) is 4.57. The van der Waals surface area contributed by atoms with Crippen molar-refractivity contribution < 1.29 is 13.6 Å². The molecular weight excluding hydrogens is 350 g/mol. The first-order valence-corrected chi connectivity index (χ1v) is 8.80. The van der Waals surface area contributed by atoms with Crippen LogP contribution in [0, 0.1) is 0 Å². The molecule has 0 atom stereocenters. The van der Waals surface area contributed by atoms with Crippen molar-refractivity contribution in [2.24, 2.45) is 0 Å². The summed E-state index contributed by atoms with van der Waals surface area (Å²) in [4.78, 5) is 21.6. The van der Waals surface area contributed by atoms with Gasteiger partial charge in [-0.15, -0.1) is 0 Å². The van der Waals surface area contributed by atoms with Crippen molar-refractivity contribution >= 4 is 28.3 Å². The number of nitrogens with zero attached hydrogens (tertiary/aromatic N) is 3. The minimum Gasteiger partial charge on any atom is -0.365 e. The Bertz CT molecular complexity index is 993. The highest BCUT2D eigenvalue weighted by Gasteiger charge is 2.21. The zero-order chi connectivity index (χ0) is 18.8. The summed E-state index contributed by atoms with van der Waals surface area (Å²) in [5.74, 6) is 0.00893. The van der Waals surface area contributed by atoms with E-state index in [1.165, 1.54) is 0 Å². The van der Waals surface area contributed by atoms with E-state index in [0.29, 0.717) is 29.7 Å². The summed E-state index contributed by atoms with van der Waals surface area (Å²) < 4.78 is 26.2. The molecule has 1 fully saturated rings. The van der Waals surface area contributed by atoms with Crippen LogP contribution in [0.15, 0.2) is 48.5 Å². The smallest absolute Gasteiger partial charge is 0.297 e. The Balaban J connectivity index is 1.59. The number of para-hydroxylation sites is 1. The number of halogens is 2. The molecule has 1 aliphatic heterocycles. The Morgan fingerprint density at radius 2 is 1.96 bits per heavy atom. The zero-order valence-corrected chi connectivity index (χ0v) is 14.5. The number of alkyl halides is 2. The monoisotopic (exact) mass is 368 g/mol. The summed E-state index contributed by atoms with van der Waals surface area (Å²) in [5.41, 5.74) is 2.27. The Morgan fingerprint density at radius 3 is 2.74 bits per heavy atom. The van der Waals surface area contributed by atoms with Gasteiger partial charge in [-0.2, -0.15) is 0 Å². The molecular formula is C20H18F2N4O. The number of hydrogen-bond acceptors (Lipinski definition) is 4. The van der Waals surface area contributed by atoms with Crippen LogP contribution in [0.2, 0.25) is 0 Å². The molecule has 1 aliphatic rings. The lowest BCUT2D eigenvalue weighted by Gasteiger charge is -2.17. The molecule has 2 heterocycles. The quantitative estimate of drug-likeness (QED) is 0.729. The van der Waals surface area contributed by atoms with Gasteiger partial charge in [0.15, 0.2) is 5.82 Å². The second-order valence-corrected chi connectivity index (χ2v) is 6.42. The van der Waals surface area contributed by atoms with E-state index in [0.717, 1.165) is 24.2 Å². The molecule has 5 nitrogen and oxygen atoms in total. The molecule has 138 valence electrons. The van der Waals surface area contributed by atoms with Crippen molar-refractivity contribution in [2.75, 3.05) is 16.8 Å².